The first-order valence-electron chi connectivity index (χ1n) is 5.27. The van der Waals surface area contributed by atoms with Gasteiger partial charge in [0.25, 0.3) is 0 Å². The molecule has 0 bridgehead atoms. The molecule has 0 amide bonds. The maximum atomic E-state index is 9.16. The first-order chi connectivity index (χ1) is 6.18. The maximum Gasteiger partial charge on any atom is 0.0638 e. The second-order valence-corrected chi connectivity index (χ2v) is 4.16. The molecule has 1 aliphatic heterocycles. The van der Waals surface area contributed by atoms with Gasteiger partial charge in [0.15, 0.2) is 0 Å². The van der Waals surface area contributed by atoms with Crippen molar-refractivity contribution in [2.24, 2.45) is 0 Å². The molecule has 13 heavy (non-hydrogen) atoms. The van der Waals surface area contributed by atoms with Crippen molar-refractivity contribution in [1.29, 1.82) is 0 Å². The summed E-state index contributed by atoms with van der Waals surface area (Å²) in [5.41, 5.74) is 0. The van der Waals surface area contributed by atoms with Crippen molar-refractivity contribution in [1.82, 2.24) is 9.80 Å². The van der Waals surface area contributed by atoms with Crippen molar-refractivity contribution in [3.63, 3.8) is 0 Å². The Balaban J connectivity index is 2.03. The van der Waals surface area contributed by atoms with Gasteiger partial charge in [-0.25, -0.2) is 0 Å². The van der Waals surface area contributed by atoms with Crippen molar-refractivity contribution >= 4 is 0 Å². The molecule has 0 aromatic heterocycles. The second kappa shape index (κ2) is 5.58. The Morgan fingerprint density at radius 1 is 1.38 bits per heavy atom. The summed E-state index contributed by atoms with van der Waals surface area (Å²) in [4.78, 5) is 4.70. The molecule has 0 aliphatic carbocycles. The number of nitrogens with zero attached hydrogens (tertiary/aromatic N) is 2. The van der Waals surface area contributed by atoms with E-state index in [1.165, 1.54) is 25.9 Å². The molecule has 1 rings (SSSR count). The predicted molar refractivity (Wildman–Crippen MR) is 54.9 cm³/mol. The van der Waals surface area contributed by atoms with Gasteiger partial charge in [0, 0.05) is 19.6 Å². The Hall–Kier alpha value is -0.120. The van der Waals surface area contributed by atoms with Crippen LogP contribution in [0.2, 0.25) is 0 Å². The fourth-order valence-corrected chi connectivity index (χ4v) is 1.86. The molecule has 1 atom stereocenters. The third kappa shape index (κ3) is 4.60. The van der Waals surface area contributed by atoms with Gasteiger partial charge >= 0.3 is 0 Å². The van der Waals surface area contributed by atoms with Crippen molar-refractivity contribution < 1.29 is 5.11 Å². The van der Waals surface area contributed by atoms with Crippen LogP contribution in [0.15, 0.2) is 0 Å². The van der Waals surface area contributed by atoms with E-state index in [1.54, 1.807) is 0 Å². The van der Waals surface area contributed by atoms with Gasteiger partial charge in [0.1, 0.15) is 0 Å². The molecular weight excluding hydrogens is 164 g/mol. The predicted octanol–water partition coefficient (Wildman–Crippen LogP) is 0.395. The fraction of sp³-hybridized carbons (Fsp3) is 1.00. The summed E-state index contributed by atoms with van der Waals surface area (Å²) in [7, 11) is 2.07. The van der Waals surface area contributed by atoms with Crippen LogP contribution in [0.25, 0.3) is 0 Å². The average molecular weight is 186 g/mol. The molecule has 0 spiro atoms. The molecule has 0 aromatic carbocycles. The molecule has 0 aromatic rings. The molecule has 1 fully saturated rings. The van der Waals surface area contributed by atoms with Crippen LogP contribution in [0.3, 0.4) is 0 Å². The highest BCUT2D eigenvalue weighted by molar-refractivity contribution is 4.67. The van der Waals surface area contributed by atoms with E-state index in [-0.39, 0.29) is 6.10 Å². The van der Waals surface area contributed by atoms with Gasteiger partial charge < -0.3 is 14.9 Å². The molecule has 1 N–H and O–H groups in total. The van der Waals surface area contributed by atoms with E-state index in [0.717, 1.165) is 19.6 Å². The van der Waals surface area contributed by atoms with Crippen molar-refractivity contribution in [2.75, 3.05) is 39.8 Å². The van der Waals surface area contributed by atoms with Gasteiger partial charge in [-0.15, -0.1) is 0 Å². The number of likely N-dealkylation sites (tertiary alicyclic amines) is 1. The molecule has 1 heterocycles. The standard InChI is InChI=1S/C10H22N2O/c1-10(13)9-11(2)7-8-12-5-3-4-6-12/h10,13H,3-9H2,1-2H3. The van der Waals surface area contributed by atoms with Crippen LogP contribution in [0, 0.1) is 0 Å². The third-order valence-corrected chi connectivity index (χ3v) is 2.57. The van der Waals surface area contributed by atoms with E-state index in [1.807, 2.05) is 6.92 Å². The van der Waals surface area contributed by atoms with Gasteiger partial charge in [-0.1, -0.05) is 0 Å². The first-order valence-corrected chi connectivity index (χ1v) is 5.27. The summed E-state index contributed by atoms with van der Waals surface area (Å²) < 4.78 is 0. The largest absolute Gasteiger partial charge is 0.392 e. The normalized spacial score (nSPS) is 21.2. The Labute approximate surface area is 81.3 Å². The van der Waals surface area contributed by atoms with Crippen LogP contribution in [0.5, 0.6) is 0 Å². The second-order valence-electron chi connectivity index (χ2n) is 4.16. The van der Waals surface area contributed by atoms with Crippen LogP contribution < -0.4 is 0 Å². The first kappa shape index (κ1) is 11.0. The van der Waals surface area contributed by atoms with Crippen molar-refractivity contribution in [3.8, 4) is 0 Å². The van der Waals surface area contributed by atoms with Crippen LogP contribution in [-0.2, 0) is 0 Å². The van der Waals surface area contributed by atoms with E-state index in [2.05, 4.69) is 16.8 Å². The number of hydrogen-bond donors (Lipinski definition) is 1. The Morgan fingerprint density at radius 2 is 2.00 bits per heavy atom. The number of aliphatic hydroxyl groups excluding tert-OH is 1. The quantitative estimate of drug-likeness (QED) is 0.673. The number of rotatable bonds is 5. The lowest BCUT2D eigenvalue weighted by molar-refractivity contribution is 0.134. The van der Waals surface area contributed by atoms with Crippen molar-refractivity contribution in [3.05, 3.63) is 0 Å². The van der Waals surface area contributed by atoms with Crippen LogP contribution in [0.4, 0.5) is 0 Å². The van der Waals surface area contributed by atoms with Gasteiger partial charge in [-0.05, 0) is 39.9 Å². The van der Waals surface area contributed by atoms with Crippen LogP contribution >= 0.6 is 0 Å². The van der Waals surface area contributed by atoms with Gasteiger partial charge in [0.2, 0.25) is 0 Å². The Morgan fingerprint density at radius 3 is 2.54 bits per heavy atom. The van der Waals surface area contributed by atoms with Gasteiger partial charge in [0.05, 0.1) is 6.10 Å². The summed E-state index contributed by atoms with van der Waals surface area (Å²) in [5, 5.41) is 9.16. The Bertz CT molecular complexity index is 133. The number of hydrogen-bond acceptors (Lipinski definition) is 3. The van der Waals surface area contributed by atoms with E-state index in [4.69, 9.17) is 5.11 Å². The summed E-state index contributed by atoms with van der Waals surface area (Å²) in [6.07, 6.45) is 2.52. The molecule has 1 unspecified atom stereocenters. The number of aliphatic hydroxyl groups is 1. The monoisotopic (exact) mass is 186 g/mol. The molecule has 3 nitrogen and oxygen atoms in total. The zero-order chi connectivity index (χ0) is 9.68. The SMILES string of the molecule is CC(O)CN(C)CCN1CCCC1. The van der Waals surface area contributed by atoms with Crippen molar-refractivity contribution in [2.45, 2.75) is 25.9 Å². The number of likely N-dealkylation sites (N-methyl/N-ethyl adjacent to an activating group) is 1. The third-order valence-electron chi connectivity index (χ3n) is 2.57. The molecule has 0 saturated carbocycles. The highest BCUT2D eigenvalue weighted by atomic mass is 16.3. The van der Waals surface area contributed by atoms with E-state index < -0.39 is 0 Å². The summed E-state index contributed by atoms with van der Waals surface area (Å²) in [6.45, 7) is 7.39. The smallest absolute Gasteiger partial charge is 0.0638 e. The fourth-order valence-electron chi connectivity index (χ4n) is 1.86. The zero-order valence-corrected chi connectivity index (χ0v) is 8.87. The van der Waals surface area contributed by atoms with E-state index >= 15 is 0 Å². The summed E-state index contributed by atoms with van der Waals surface area (Å²) in [6, 6.07) is 0. The lowest BCUT2D eigenvalue weighted by atomic mass is 10.3. The maximum absolute atomic E-state index is 9.16. The zero-order valence-electron chi connectivity index (χ0n) is 8.87. The van der Waals surface area contributed by atoms with Crippen LogP contribution in [-0.4, -0.2) is 60.8 Å². The Kier molecular flexibility index (Phi) is 4.70. The lowest BCUT2D eigenvalue weighted by Gasteiger charge is -2.22. The molecule has 0 radical (unpaired) electrons. The highest BCUT2D eigenvalue weighted by Crippen LogP contribution is 2.06. The van der Waals surface area contributed by atoms with Gasteiger partial charge in [-0.3, -0.25) is 0 Å². The highest BCUT2D eigenvalue weighted by Gasteiger charge is 2.11. The summed E-state index contributed by atoms with van der Waals surface area (Å²) >= 11 is 0. The minimum Gasteiger partial charge on any atom is -0.392 e. The van der Waals surface area contributed by atoms with E-state index in [9.17, 15) is 0 Å². The summed E-state index contributed by atoms with van der Waals surface area (Å²) in [5.74, 6) is 0. The molecule has 1 aliphatic rings. The lowest BCUT2D eigenvalue weighted by Crippen LogP contribution is -2.34. The van der Waals surface area contributed by atoms with E-state index in [0.29, 0.717) is 0 Å². The van der Waals surface area contributed by atoms with Gasteiger partial charge in [-0.2, -0.15) is 0 Å². The molecule has 78 valence electrons. The molecule has 3 heteroatoms. The molecule has 1 saturated heterocycles. The molecular formula is C10H22N2O. The minimum absolute atomic E-state index is 0.205. The minimum atomic E-state index is -0.205. The average Bonchev–Trinajstić information content (AvgIpc) is 2.51. The topological polar surface area (TPSA) is 26.7 Å². The van der Waals surface area contributed by atoms with Crippen LogP contribution in [0.1, 0.15) is 19.8 Å².